The van der Waals surface area contributed by atoms with E-state index in [2.05, 4.69) is 22.8 Å². The molecule has 0 aromatic heterocycles. The topological polar surface area (TPSA) is 41.1 Å². The van der Waals surface area contributed by atoms with Gasteiger partial charge in [0.1, 0.15) is 0 Å². The van der Waals surface area contributed by atoms with Crippen LogP contribution < -0.4 is 10.6 Å². The molecule has 0 saturated carbocycles. The number of rotatable bonds is 4. The molecule has 2 N–H and O–H groups in total. The molecule has 2 aromatic rings. The second kappa shape index (κ2) is 6.95. The van der Waals surface area contributed by atoms with Gasteiger partial charge in [0.2, 0.25) is 5.91 Å². The smallest absolute Gasteiger partial charge is 0.228 e. The Labute approximate surface area is 135 Å². The van der Waals surface area contributed by atoms with E-state index in [1.807, 2.05) is 30.3 Å². The van der Waals surface area contributed by atoms with E-state index in [-0.39, 0.29) is 5.91 Å². The van der Waals surface area contributed by atoms with Crippen molar-refractivity contribution in [1.82, 2.24) is 5.32 Å². The fourth-order valence-electron chi connectivity index (χ4n) is 2.82. The van der Waals surface area contributed by atoms with E-state index in [9.17, 15) is 4.79 Å². The third-order valence-electron chi connectivity index (χ3n) is 3.98. The minimum atomic E-state index is -0.0300. The molecule has 0 radical (unpaired) electrons. The second-order valence-electron chi connectivity index (χ2n) is 5.67. The number of amides is 1. The zero-order chi connectivity index (χ0) is 15.4. The molecule has 22 heavy (non-hydrogen) atoms. The number of benzene rings is 2. The predicted molar refractivity (Wildman–Crippen MR) is 90.5 cm³/mol. The van der Waals surface area contributed by atoms with Gasteiger partial charge >= 0.3 is 0 Å². The number of nitrogens with one attached hydrogen (secondary N) is 2. The lowest BCUT2D eigenvalue weighted by Crippen LogP contribution is -2.14. The van der Waals surface area contributed by atoms with E-state index < -0.39 is 0 Å². The minimum absolute atomic E-state index is 0.0300. The number of hydrogen-bond donors (Lipinski definition) is 2. The Morgan fingerprint density at radius 2 is 2.05 bits per heavy atom. The van der Waals surface area contributed by atoms with Gasteiger partial charge in [-0.25, -0.2) is 0 Å². The molecule has 114 valence electrons. The molecule has 0 bridgehead atoms. The van der Waals surface area contributed by atoms with E-state index in [4.69, 9.17) is 11.6 Å². The first kappa shape index (κ1) is 15.1. The lowest BCUT2D eigenvalue weighted by Gasteiger charge is -2.10. The SMILES string of the molecule is O=C(Cc1cccc(Cl)c1)Nc1ccc(C2CCNC2)cc1. The van der Waals surface area contributed by atoms with Gasteiger partial charge in [-0.2, -0.15) is 0 Å². The summed E-state index contributed by atoms with van der Waals surface area (Å²) >= 11 is 5.93. The van der Waals surface area contributed by atoms with Gasteiger partial charge in [0.25, 0.3) is 0 Å². The van der Waals surface area contributed by atoms with Crippen molar-refractivity contribution in [2.75, 3.05) is 18.4 Å². The van der Waals surface area contributed by atoms with Crippen LogP contribution in [0.3, 0.4) is 0 Å². The highest BCUT2D eigenvalue weighted by Crippen LogP contribution is 2.23. The van der Waals surface area contributed by atoms with Crippen molar-refractivity contribution in [1.29, 1.82) is 0 Å². The molecule has 3 rings (SSSR count). The van der Waals surface area contributed by atoms with Crippen molar-refractivity contribution in [3.05, 3.63) is 64.7 Å². The summed E-state index contributed by atoms with van der Waals surface area (Å²) < 4.78 is 0. The Morgan fingerprint density at radius 1 is 1.23 bits per heavy atom. The first-order valence-electron chi connectivity index (χ1n) is 7.56. The van der Waals surface area contributed by atoms with Crippen LogP contribution in [0.25, 0.3) is 0 Å². The lowest BCUT2D eigenvalue weighted by molar-refractivity contribution is -0.115. The summed E-state index contributed by atoms with van der Waals surface area (Å²) in [5.74, 6) is 0.564. The van der Waals surface area contributed by atoms with Crippen molar-refractivity contribution >= 4 is 23.2 Å². The first-order chi connectivity index (χ1) is 10.7. The molecule has 2 aromatic carbocycles. The number of anilines is 1. The van der Waals surface area contributed by atoms with Gasteiger partial charge in [-0.3, -0.25) is 4.79 Å². The zero-order valence-corrected chi connectivity index (χ0v) is 13.1. The van der Waals surface area contributed by atoms with E-state index in [1.54, 1.807) is 6.07 Å². The molecule has 1 unspecified atom stereocenters. The molecule has 1 heterocycles. The van der Waals surface area contributed by atoms with E-state index >= 15 is 0 Å². The van der Waals surface area contributed by atoms with Crippen LogP contribution in [0.1, 0.15) is 23.5 Å². The Hall–Kier alpha value is -1.84. The summed E-state index contributed by atoms with van der Waals surface area (Å²) in [4.78, 5) is 12.1. The van der Waals surface area contributed by atoms with Crippen LogP contribution in [-0.4, -0.2) is 19.0 Å². The molecule has 1 aliphatic heterocycles. The molecule has 1 fully saturated rings. The van der Waals surface area contributed by atoms with Crippen LogP contribution in [0.2, 0.25) is 5.02 Å². The lowest BCUT2D eigenvalue weighted by atomic mass is 9.98. The van der Waals surface area contributed by atoms with Gasteiger partial charge in [-0.15, -0.1) is 0 Å². The van der Waals surface area contributed by atoms with Crippen molar-refractivity contribution < 1.29 is 4.79 Å². The summed E-state index contributed by atoms with van der Waals surface area (Å²) in [6, 6.07) is 15.5. The molecule has 1 aliphatic rings. The Kier molecular flexibility index (Phi) is 4.76. The Morgan fingerprint density at radius 3 is 2.73 bits per heavy atom. The number of carbonyl (C=O) groups is 1. The van der Waals surface area contributed by atoms with Crippen LogP contribution in [-0.2, 0) is 11.2 Å². The molecular formula is C18H19ClN2O. The quantitative estimate of drug-likeness (QED) is 0.905. The predicted octanol–water partition coefficient (Wildman–Crippen LogP) is 3.60. The van der Waals surface area contributed by atoms with Crippen LogP contribution in [0.15, 0.2) is 48.5 Å². The van der Waals surface area contributed by atoms with E-state index in [1.165, 1.54) is 12.0 Å². The van der Waals surface area contributed by atoms with Crippen molar-refractivity contribution in [3.63, 3.8) is 0 Å². The average molecular weight is 315 g/mol. The van der Waals surface area contributed by atoms with E-state index in [0.29, 0.717) is 17.4 Å². The molecule has 1 atom stereocenters. The molecule has 1 amide bonds. The van der Waals surface area contributed by atoms with Crippen molar-refractivity contribution in [2.45, 2.75) is 18.8 Å². The average Bonchev–Trinajstić information content (AvgIpc) is 3.02. The summed E-state index contributed by atoms with van der Waals surface area (Å²) in [5, 5.41) is 6.95. The second-order valence-corrected chi connectivity index (χ2v) is 6.10. The fraction of sp³-hybridized carbons (Fsp3) is 0.278. The molecule has 0 spiro atoms. The normalized spacial score (nSPS) is 17.4. The number of carbonyl (C=O) groups excluding carboxylic acids is 1. The maximum absolute atomic E-state index is 12.1. The maximum Gasteiger partial charge on any atom is 0.228 e. The van der Waals surface area contributed by atoms with Gasteiger partial charge in [-0.1, -0.05) is 35.9 Å². The maximum atomic E-state index is 12.1. The monoisotopic (exact) mass is 314 g/mol. The van der Waals surface area contributed by atoms with Crippen LogP contribution in [0.5, 0.6) is 0 Å². The van der Waals surface area contributed by atoms with Crippen LogP contribution >= 0.6 is 11.6 Å². The van der Waals surface area contributed by atoms with Gasteiger partial charge in [-0.05, 0) is 54.3 Å². The summed E-state index contributed by atoms with van der Waals surface area (Å²) in [6.45, 7) is 2.13. The van der Waals surface area contributed by atoms with Crippen LogP contribution in [0.4, 0.5) is 5.69 Å². The molecule has 0 aliphatic carbocycles. The minimum Gasteiger partial charge on any atom is -0.326 e. The van der Waals surface area contributed by atoms with Crippen LogP contribution in [0, 0.1) is 0 Å². The highest BCUT2D eigenvalue weighted by Gasteiger charge is 2.16. The van der Waals surface area contributed by atoms with Crippen molar-refractivity contribution in [2.24, 2.45) is 0 Å². The highest BCUT2D eigenvalue weighted by atomic mass is 35.5. The molecule has 1 saturated heterocycles. The molecular weight excluding hydrogens is 296 g/mol. The third-order valence-corrected chi connectivity index (χ3v) is 4.21. The fourth-order valence-corrected chi connectivity index (χ4v) is 3.03. The van der Waals surface area contributed by atoms with Gasteiger partial charge in [0.05, 0.1) is 6.42 Å². The summed E-state index contributed by atoms with van der Waals surface area (Å²) in [6.07, 6.45) is 1.51. The van der Waals surface area contributed by atoms with Gasteiger partial charge in [0, 0.05) is 17.3 Å². The molecule has 4 heteroatoms. The van der Waals surface area contributed by atoms with E-state index in [0.717, 1.165) is 24.3 Å². The largest absolute Gasteiger partial charge is 0.326 e. The number of halogens is 1. The summed E-state index contributed by atoms with van der Waals surface area (Å²) in [5.41, 5.74) is 3.08. The molecule has 3 nitrogen and oxygen atoms in total. The zero-order valence-electron chi connectivity index (χ0n) is 12.3. The van der Waals surface area contributed by atoms with Crippen molar-refractivity contribution in [3.8, 4) is 0 Å². The highest BCUT2D eigenvalue weighted by molar-refractivity contribution is 6.30. The first-order valence-corrected chi connectivity index (χ1v) is 7.93. The van der Waals surface area contributed by atoms with Gasteiger partial charge < -0.3 is 10.6 Å². The Balaban J connectivity index is 1.59. The number of hydrogen-bond acceptors (Lipinski definition) is 2. The standard InChI is InChI=1S/C18H19ClN2O/c19-16-3-1-2-13(10-16)11-18(22)21-17-6-4-14(5-7-17)15-8-9-20-12-15/h1-7,10,15,20H,8-9,11-12H2,(H,21,22). The third kappa shape index (κ3) is 3.87. The van der Waals surface area contributed by atoms with Gasteiger partial charge in [0.15, 0.2) is 0 Å². The Bertz CT molecular complexity index is 648. The summed E-state index contributed by atoms with van der Waals surface area (Å²) in [7, 11) is 0.